The molecule has 1 heterocycles. The highest BCUT2D eigenvalue weighted by Crippen LogP contribution is 2.15. The summed E-state index contributed by atoms with van der Waals surface area (Å²) in [5.74, 6) is 0.740. The smallest absolute Gasteiger partial charge is 0.246 e. The van der Waals surface area contributed by atoms with Crippen LogP contribution in [0.4, 0.5) is 0 Å². The third-order valence-corrected chi connectivity index (χ3v) is 4.02. The molecule has 0 radical (unpaired) electrons. The molecule has 3 rings (SSSR count). The molecule has 1 aromatic heterocycles. The van der Waals surface area contributed by atoms with Gasteiger partial charge in [0.25, 0.3) is 0 Å². The van der Waals surface area contributed by atoms with Crippen molar-refractivity contribution in [2.24, 2.45) is 0 Å². The van der Waals surface area contributed by atoms with Crippen molar-refractivity contribution in [3.63, 3.8) is 0 Å². The van der Waals surface area contributed by atoms with Gasteiger partial charge in [-0.1, -0.05) is 30.3 Å². The van der Waals surface area contributed by atoms with Crippen LogP contribution in [0.2, 0.25) is 0 Å². The molecule has 1 amide bonds. The summed E-state index contributed by atoms with van der Waals surface area (Å²) in [6.07, 6.45) is 4.85. The van der Waals surface area contributed by atoms with Crippen LogP contribution in [0.1, 0.15) is 11.3 Å². The Morgan fingerprint density at radius 2 is 1.85 bits per heavy atom. The predicted molar refractivity (Wildman–Crippen MR) is 103 cm³/mol. The number of ether oxygens (including phenoxy) is 1. The van der Waals surface area contributed by atoms with Gasteiger partial charge in [0.05, 0.1) is 29.5 Å². The van der Waals surface area contributed by atoms with E-state index in [4.69, 9.17) is 4.74 Å². The zero-order chi connectivity index (χ0) is 18.4. The minimum atomic E-state index is -0.103. The first-order valence-corrected chi connectivity index (χ1v) is 8.47. The summed E-state index contributed by atoms with van der Waals surface area (Å²) >= 11 is 0. The van der Waals surface area contributed by atoms with E-state index in [9.17, 15) is 4.79 Å². The highest BCUT2D eigenvalue weighted by molar-refractivity contribution is 5.91. The summed E-state index contributed by atoms with van der Waals surface area (Å²) in [7, 11) is 1.75. The number of benzene rings is 2. The van der Waals surface area contributed by atoms with Crippen molar-refractivity contribution >= 4 is 23.0 Å². The zero-order valence-electron chi connectivity index (χ0n) is 14.9. The van der Waals surface area contributed by atoms with Gasteiger partial charge in [0.15, 0.2) is 0 Å². The van der Waals surface area contributed by atoms with Gasteiger partial charge in [-0.05, 0) is 36.8 Å². The Labute approximate surface area is 153 Å². The van der Waals surface area contributed by atoms with Gasteiger partial charge < -0.3 is 9.64 Å². The first kappa shape index (κ1) is 17.6. The molecule has 132 valence electrons. The number of aromatic nitrogens is 2. The Kier molecular flexibility index (Phi) is 5.59. The number of hydrogen-bond acceptors (Lipinski definition) is 4. The molecule has 0 saturated carbocycles. The quantitative estimate of drug-likeness (QED) is 0.641. The number of hydrogen-bond donors (Lipinski definition) is 0. The summed E-state index contributed by atoms with van der Waals surface area (Å²) in [4.78, 5) is 22.6. The van der Waals surface area contributed by atoms with Crippen LogP contribution < -0.4 is 4.74 Å². The monoisotopic (exact) mass is 347 g/mol. The van der Waals surface area contributed by atoms with E-state index in [-0.39, 0.29) is 5.91 Å². The minimum absolute atomic E-state index is 0.103. The van der Waals surface area contributed by atoms with Crippen molar-refractivity contribution in [3.05, 3.63) is 72.1 Å². The van der Waals surface area contributed by atoms with E-state index in [2.05, 4.69) is 9.97 Å². The molecule has 0 spiro atoms. The highest BCUT2D eigenvalue weighted by atomic mass is 16.5. The maximum absolute atomic E-state index is 12.2. The van der Waals surface area contributed by atoms with Gasteiger partial charge >= 0.3 is 0 Å². The van der Waals surface area contributed by atoms with Crippen molar-refractivity contribution in [3.8, 4) is 5.75 Å². The Bertz CT molecular complexity index is 937. The second kappa shape index (κ2) is 8.25. The SMILES string of the molecule is Cc1ccccc1OCCN(C)C(=O)/C=C/c1cnc2ccccc2n1. The molecule has 0 fully saturated rings. The normalized spacial score (nSPS) is 11.0. The molecule has 0 N–H and O–H groups in total. The van der Waals surface area contributed by atoms with Crippen LogP contribution in [-0.2, 0) is 4.79 Å². The van der Waals surface area contributed by atoms with Gasteiger partial charge in [-0.3, -0.25) is 9.78 Å². The Balaban J connectivity index is 1.54. The summed E-state index contributed by atoms with van der Waals surface area (Å²) < 4.78 is 5.73. The number of likely N-dealkylation sites (N-methyl/N-ethyl adjacent to an activating group) is 1. The minimum Gasteiger partial charge on any atom is -0.491 e. The third-order valence-electron chi connectivity index (χ3n) is 4.02. The fourth-order valence-electron chi connectivity index (χ4n) is 2.46. The molecule has 3 aromatic rings. The Morgan fingerprint density at radius 3 is 2.65 bits per heavy atom. The molecule has 5 heteroatoms. The number of fused-ring (bicyclic) bond motifs is 1. The van der Waals surface area contributed by atoms with Crippen molar-refractivity contribution in [2.75, 3.05) is 20.2 Å². The van der Waals surface area contributed by atoms with Crippen molar-refractivity contribution in [1.29, 1.82) is 0 Å². The molecule has 0 unspecified atom stereocenters. The first-order chi connectivity index (χ1) is 12.6. The molecule has 0 atom stereocenters. The van der Waals surface area contributed by atoms with E-state index in [1.807, 2.05) is 55.5 Å². The van der Waals surface area contributed by atoms with Crippen LogP contribution in [0.25, 0.3) is 17.1 Å². The molecule has 26 heavy (non-hydrogen) atoms. The molecule has 2 aromatic carbocycles. The maximum atomic E-state index is 12.2. The Morgan fingerprint density at radius 1 is 1.12 bits per heavy atom. The Hall–Kier alpha value is -3.21. The molecule has 5 nitrogen and oxygen atoms in total. The van der Waals surface area contributed by atoms with Gasteiger partial charge in [-0.25, -0.2) is 4.98 Å². The van der Waals surface area contributed by atoms with Crippen LogP contribution in [0.3, 0.4) is 0 Å². The van der Waals surface area contributed by atoms with E-state index in [0.29, 0.717) is 18.8 Å². The maximum Gasteiger partial charge on any atom is 0.246 e. The lowest BCUT2D eigenvalue weighted by molar-refractivity contribution is -0.125. The summed E-state index contributed by atoms with van der Waals surface area (Å²) in [6, 6.07) is 15.5. The number of para-hydroxylation sites is 3. The fraction of sp³-hybridized carbons (Fsp3) is 0.190. The lowest BCUT2D eigenvalue weighted by Gasteiger charge is -2.16. The fourth-order valence-corrected chi connectivity index (χ4v) is 2.46. The van der Waals surface area contributed by atoms with Crippen LogP contribution in [-0.4, -0.2) is 41.0 Å². The van der Waals surface area contributed by atoms with Crippen LogP contribution in [0.15, 0.2) is 60.8 Å². The summed E-state index contributed by atoms with van der Waals surface area (Å²) in [5.41, 5.74) is 3.38. The third kappa shape index (κ3) is 4.45. The lowest BCUT2D eigenvalue weighted by Crippen LogP contribution is -2.29. The van der Waals surface area contributed by atoms with Gasteiger partial charge in [0.2, 0.25) is 5.91 Å². The van der Waals surface area contributed by atoms with Crippen LogP contribution in [0, 0.1) is 6.92 Å². The van der Waals surface area contributed by atoms with E-state index in [1.165, 1.54) is 6.08 Å². The number of amides is 1. The lowest BCUT2D eigenvalue weighted by atomic mass is 10.2. The highest BCUT2D eigenvalue weighted by Gasteiger charge is 2.06. The van der Waals surface area contributed by atoms with Crippen molar-refractivity contribution in [2.45, 2.75) is 6.92 Å². The molecular formula is C21H21N3O2. The van der Waals surface area contributed by atoms with Gasteiger partial charge in [-0.2, -0.15) is 0 Å². The molecule has 0 aliphatic carbocycles. The van der Waals surface area contributed by atoms with E-state index in [0.717, 1.165) is 22.3 Å². The van der Waals surface area contributed by atoms with Gasteiger partial charge in [0, 0.05) is 13.1 Å². The molecular weight excluding hydrogens is 326 g/mol. The van der Waals surface area contributed by atoms with Gasteiger partial charge in [-0.15, -0.1) is 0 Å². The number of nitrogens with zero attached hydrogens (tertiary/aromatic N) is 3. The molecule has 0 bridgehead atoms. The second-order valence-electron chi connectivity index (χ2n) is 5.99. The predicted octanol–water partition coefficient (Wildman–Crippen LogP) is 3.49. The van der Waals surface area contributed by atoms with Crippen LogP contribution >= 0.6 is 0 Å². The average molecular weight is 347 g/mol. The molecule has 0 saturated heterocycles. The number of carbonyl (C=O) groups is 1. The average Bonchev–Trinajstić information content (AvgIpc) is 2.67. The zero-order valence-corrected chi connectivity index (χ0v) is 14.9. The number of rotatable bonds is 6. The van der Waals surface area contributed by atoms with E-state index >= 15 is 0 Å². The first-order valence-electron chi connectivity index (χ1n) is 8.47. The van der Waals surface area contributed by atoms with Crippen LogP contribution in [0.5, 0.6) is 5.75 Å². The summed E-state index contributed by atoms with van der Waals surface area (Å²) in [5, 5.41) is 0. The standard InChI is InChI=1S/C21H21N3O2/c1-16-7-3-6-10-20(16)26-14-13-24(2)21(25)12-11-17-15-22-18-8-4-5-9-19(18)23-17/h3-12,15H,13-14H2,1-2H3/b12-11+. The number of carbonyl (C=O) groups excluding carboxylic acids is 1. The topological polar surface area (TPSA) is 55.3 Å². The second-order valence-corrected chi connectivity index (χ2v) is 5.99. The van der Waals surface area contributed by atoms with Crippen molar-refractivity contribution < 1.29 is 9.53 Å². The van der Waals surface area contributed by atoms with E-state index in [1.54, 1.807) is 24.2 Å². The number of aryl methyl sites for hydroxylation is 1. The van der Waals surface area contributed by atoms with Gasteiger partial charge in [0.1, 0.15) is 12.4 Å². The van der Waals surface area contributed by atoms with Crippen molar-refractivity contribution in [1.82, 2.24) is 14.9 Å². The van der Waals surface area contributed by atoms with E-state index < -0.39 is 0 Å². The largest absolute Gasteiger partial charge is 0.491 e. The molecule has 0 aliphatic rings. The summed E-state index contributed by atoms with van der Waals surface area (Å²) in [6.45, 7) is 2.94. The molecule has 0 aliphatic heterocycles.